The lowest BCUT2D eigenvalue weighted by atomic mass is 10.0. The highest BCUT2D eigenvalue weighted by Gasteiger charge is 2.10. The third-order valence-corrected chi connectivity index (χ3v) is 3.21. The molecule has 102 valence electrons. The molecular weight excluding hydrogens is 262 g/mol. The Labute approximate surface area is 117 Å². The largest absolute Gasteiger partial charge is 0.489 e. The average Bonchev–Trinajstić information content (AvgIpc) is 2.29. The molecule has 1 heterocycles. The second kappa shape index (κ2) is 5.25. The van der Waals surface area contributed by atoms with Gasteiger partial charge in [0.05, 0.1) is 16.6 Å². The Morgan fingerprint density at radius 3 is 2.42 bits per heavy atom. The van der Waals surface area contributed by atoms with Crippen LogP contribution in [0.25, 0.3) is 10.9 Å². The number of aromatic nitrogens is 1. The molecular formula is C15H18ClNO2. The van der Waals surface area contributed by atoms with E-state index in [9.17, 15) is 4.79 Å². The third kappa shape index (κ3) is 2.92. The molecule has 0 spiro atoms. The maximum Gasteiger partial charge on any atom is 0.251 e. The summed E-state index contributed by atoms with van der Waals surface area (Å²) in [6, 6.07) is 5.50. The van der Waals surface area contributed by atoms with Gasteiger partial charge >= 0.3 is 0 Å². The van der Waals surface area contributed by atoms with Gasteiger partial charge in [-0.2, -0.15) is 0 Å². The van der Waals surface area contributed by atoms with E-state index in [1.54, 1.807) is 6.07 Å². The Morgan fingerprint density at radius 1 is 1.16 bits per heavy atom. The molecule has 19 heavy (non-hydrogen) atoms. The maximum absolute atomic E-state index is 12.0. The first-order chi connectivity index (χ1) is 8.88. The van der Waals surface area contributed by atoms with Crippen molar-refractivity contribution >= 4 is 22.5 Å². The molecule has 0 saturated carbocycles. The highest BCUT2D eigenvalue weighted by atomic mass is 35.5. The van der Waals surface area contributed by atoms with Crippen LogP contribution in [0.2, 0.25) is 5.02 Å². The Morgan fingerprint density at radius 2 is 1.84 bits per heavy atom. The van der Waals surface area contributed by atoms with Crippen LogP contribution in [0.3, 0.4) is 0 Å². The monoisotopic (exact) mass is 279 g/mol. The molecule has 0 unspecified atom stereocenters. The van der Waals surface area contributed by atoms with Gasteiger partial charge in [-0.25, -0.2) is 0 Å². The number of halogens is 1. The summed E-state index contributed by atoms with van der Waals surface area (Å²) in [5.41, 5.74) is 1.45. The van der Waals surface area contributed by atoms with Crippen molar-refractivity contribution in [2.24, 2.45) is 0 Å². The van der Waals surface area contributed by atoms with Crippen molar-refractivity contribution < 1.29 is 4.74 Å². The summed E-state index contributed by atoms with van der Waals surface area (Å²) in [5.74, 6) is 0.774. The lowest BCUT2D eigenvalue weighted by molar-refractivity contribution is 0.243. The molecule has 0 saturated heterocycles. The number of hydrogen-bond acceptors (Lipinski definition) is 2. The summed E-state index contributed by atoms with van der Waals surface area (Å²) in [6.45, 7) is 7.86. The minimum absolute atomic E-state index is 0.0385. The number of H-pyrrole nitrogens is 1. The molecule has 0 fully saturated rings. The molecule has 1 N–H and O–H groups in total. The molecule has 1 aromatic carbocycles. The number of hydrogen-bond donors (Lipinski definition) is 1. The van der Waals surface area contributed by atoms with Gasteiger partial charge in [-0.05, 0) is 31.9 Å². The molecule has 3 nitrogen and oxygen atoms in total. The quantitative estimate of drug-likeness (QED) is 0.919. The summed E-state index contributed by atoms with van der Waals surface area (Å²) < 4.78 is 5.62. The number of benzene rings is 1. The summed E-state index contributed by atoms with van der Waals surface area (Å²) >= 11 is 6.20. The Balaban J connectivity index is 2.62. The van der Waals surface area contributed by atoms with Crippen molar-refractivity contribution in [3.8, 4) is 5.75 Å². The number of aromatic amines is 1. The minimum atomic E-state index is -0.0553. The molecule has 0 radical (unpaired) electrons. The molecule has 0 aliphatic heterocycles. The summed E-state index contributed by atoms with van der Waals surface area (Å²) in [5, 5.41) is 1.48. The first kappa shape index (κ1) is 13.9. The zero-order valence-corrected chi connectivity index (χ0v) is 12.3. The maximum atomic E-state index is 12.0. The molecule has 2 aromatic rings. The van der Waals surface area contributed by atoms with E-state index in [0.29, 0.717) is 10.8 Å². The van der Waals surface area contributed by atoms with Crippen molar-refractivity contribution in [1.82, 2.24) is 4.98 Å². The van der Waals surface area contributed by atoms with Crippen LogP contribution in [0.15, 0.2) is 23.0 Å². The molecule has 0 aliphatic rings. The molecule has 2 rings (SSSR count). The van der Waals surface area contributed by atoms with Crippen LogP contribution in [-0.4, -0.2) is 11.1 Å². The van der Waals surface area contributed by atoms with E-state index in [4.69, 9.17) is 16.3 Å². The highest BCUT2D eigenvalue weighted by molar-refractivity contribution is 6.32. The molecule has 0 amide bonds. The van der Waals surface area contributed by atoms with E-state index < -0.39 is 0 Å². The van der Waals surface area contributed by atoms with Gasteiger partial charge in [-0.15, -0.1) is 0 Å². The van der Waals surface area contributed by atoms with Gasteiger partial charge in [0.2, 0.25) is 0 Å². The van der Waals surface area contributed by atoms with Gasteiger partial charge in [-0.3, -0.25) is 4.79 Å². The number of fused-ring (bicyclic) bond motifs is 1. The topological polar surface area (TPSA) is 42.1 Å². The van der Waals surface area contributed by atoms with Gasteiger partial charge in [0.1, 0.15) is 5.75 Å². The highest BCUT2D eigenvalue weighted by Crippen LogP contribution is 2.30. The summed E-state index contributed by atoms with van der Waals surface area (Å²) in [4.78, 5) is 14.9. The van der Waals surface area contributed by atoms with Gasteiger partial charge < -0.3 is 9.72 Å². The Hall–Kier alpha value is -1.48. The average molecular weight is 280 g/mol. The molecule has 0 atom stereocenters. The first-order valence-electron chi connectivity index (χ1n) is 6.41. The van der Waals surface area contributed by atoms with Gasteiger partial charge in [0.15, 0.2) is 0 Å². The van der Waals surface area contributed by atoms with E-state index in [1.807, 2.05) is 39.8 Å². The Kier molecular flexibility index (Phi) is 3.85. The van der Waals surface area contributed by atoms with Gasteiger partial charge in [0, 0.05) is 17.0 Å². The van der Waals surface area contributed by atoms with Crippen LogP contribution in [-0.2, 0) is 0 Å². The van der Waals surface area contributed by atoms with Crippen LogP contribution in [0.5, 0.6) is 5.75 Å². The fraction of sp³-hybridized carbons (Fsp3) is 0.400. The van der Waals surface area contributed by atoms with E-state index >= 15 is 0 Å². The molecule has 0 bridgehead atoms. The molecule has 0 aliphatic carbocycles. The molecule has 4 heteroatoms. The fourth-order valence-corrected chi connectivity index (χ4v) is 2.21. The second-order valence-corrected chi connectivity index (χ2v) is 5.65. The SMILES string of the molecule is CC(C)Oc1cc2[nH]c(=O)c(C(C)C)cc2cc1Cl. The van der Waals surface area contributed by atoms with Gasteiger partial charge in [0.25, 0.3) is 5.56 Å². The smallest absolute Gasteiger partial charge is 0.251 e. The zero-order valence-electron chi connectivity index (χ0n) is 11.6. The summed E-state index contributed by atoms with van der Waals surface area (Å²) in [7, 11) is 0. The normalized spacial score (nSPS) is 11.5. The third-order valence-electron chi connectivity index (χ3n) is 2.91. The lowest BCUT2D eigenvalue weighted by Gasteiger charge is -2.13. The van der Waals surface area contributed by atoms with E-state index in [0.717, 1.165) is 16.5 Å². The van der Waals surface area contributed by atoms with Crippen LogP contribution in [0.4, 0.5) is 0 Å². The van der Waals surface area contributed by atoms with Crippen molar-refractivity contribution in [2.75, 3.05) is 0 Å². The number of nitrogens with one attached hydrogen (secondary N) is 1. The van der Waals surface area contributed by atoms with Crippen molar-refractivity contribution in [3.63, 3.8) is 0 Å². The van der Waals surface area contributed by atoms with Crippen LogP contribution in [0, 0.1) is 0 Å². The van der Waals surface area contributed by atoms with E-state index in [2.05, 4.69) is 4.98 Å². The number of ether oxygens (including phenoxy) is 1. The van der Waals surface area contributed by atoms with Crippen LogP contribution >= 0.6 is 11.6 Å². The molecule has 1 aromatic heterocycles. The Bertz CT molecular complexity index is 659. The van der Waals surface area contributed by atoms with Crippen LogP contribution < -0.4 is 10.3 Å². The minimum Gasteiger partial charge on any atom is -0.489 e. The lowest BCUT2D eigenvalue weighted by Crippen LogP contribution is -2.13. The zero-order chi connectivity index (χ0) is 14.2. The van der Waals surface area contributed by atoms with E-state index in [-0.39, 0.29) is 17.6 Å². The van der Waals surface area contributed by atoms with E-state index in [1.165, 1.54) is 0 Å². The fourth-order valence-electron chi connectivity index (χ4n) is 2.00. The predicted octanol–water partition coefficient (Wildman–Crippen LogP) is 4.09. The van der Waals surface area contributed by atoms with Crippen molar-refractivity contribution in [1.29, 1.82) is 0 Å². The standard InChI is InChI=1S/C15H18ClNO2/c1-8(2)11-5-10-6-12(16)14(19-9(3)4)7-13(10)17-15(11)18/h5-9H,1-4H3,(H,17,18). The van der Waals surface area contributed by atoms with Gasteiger partial charge in [-0.1, -0.05) is 25.4 Å². The summed E-state index contributed by atoms with van der Waals surface area (Å²) in [6.07, 6.45) is 0.0385. The first-order valence-corrected chi connectivity index (χ1v) is 6.79. The second-order valence-electron chi connectivity index (χ2n) is 5.24. The van der Waals surface area contributed by atoms with Crippen LogP contribution in [0.1, 0.15) is 39.2 Å². The van der Waals surface area contributed by atoms with Crippen molar-refractivity contribution in [3.05, 3.63) is 39.1 Å². The van der Waals surface area contributed by atoms with Crippen molar-refractivity contribution in [2.45, 2.75) is 39.7 Å². The predicted molar refractivity (Wildman–Crippen MR) is 79.4 cm³/mol. The number of rotatable bonds is 3. The number of pyridine rings is 1.